The normalized spacial score (nSPS) is 24.8. The first-order valence-electron chi connectivity index (χ1n) is 4.50. The van der Waals surface area contributed by atoms with Gasteiger partial charge in [0.1, 0.15) is 12.2 Å². The molecule has 0 spiro atoms. The molecular formula is C11H12O3. The molecule has 1 aromatic rings. The Kier molecular flexibility index (Phi) is 2.37. The fourth-order valence-electron chi connectivity index (χ4n) is 1.62. The minimum atomic E-state index is -0.888. The van der Waals surface area contributed by atoms with E-state index in [0.29, 0.717) is 5.56 Å². The molecule has 0 saturated heterocycles. The number of aliphatic hydroxyl groups excluding tert-OH is 3. The molecule has 1 aromatic carbocycles. The molecule has 2 atom stereocenters. The van der Waals surface area contributed by atoms with E-state index in [9.17, 15) is 10.2 Å². The van der Waals surface area contributed by atoms with E-state index in [0.717, 1.165) is 11.1 Å². The number of rotatable bonds is 1. The quantitative estimate of drug-likeness (QED) is 0.610. The van der Waals surface area contributed by atoms with Gasteiger partial charge in [0.2, 0.25) is 0 Å². The van der Waals surface area contributed by atoms with Gasteiger partial charge < -0.3 is 15.3 Å². The molecule has 3 N–H and O–H groups in total. The van der Waals surface area contributed by atoms with E-state index in [4.69, 9.17) is 5.11 Å². The van der Waals surface area contributed by atoms with E-state index in [1.165, 1.54) is 0 Å². The van der Waals surface area contributed by atoms with Crippen LogP contribution in [0.2, 0.25) is 0 Å². The maximum absolute atomic E-state index is 9.67. The van der Waals surface area contributed by atoms with Crippen LogP contribution >= 0.6 is 0 Å². The second-order valence-electron chi connectivity index (χ2n) is 3.42. The van der Waals surface area contributed by atoms with E-state index in [-0.39, 0.29) is 6.61 Å². The summed E-state index contributed by atoms with van der Waals surface area (Å²) >= 11 is 0. The van der Waals surface area contributed by atoms with Crippen LogP contribution in [0, 0.1) is 0 Å². The van der Waals surface area contributed by atoms with Crippen molar-refractivity contribution in [2.45, 2.75) is 18.8 Å². The van der Waals surface area contributed by atoms with Crippen LogP contribution in [0.1, 0.15) is 22.8 Å². The minimum absolute atomic E-state index is 0.0557. The zero-order valence-corrected chi connectivity index (χ0v) is 7.59. The molecule has 1 aliphatic carbocycles. The fraction of sp³-hybridized carbons (Fsp3) is 0.273. The Balaban J connectivity index is 2.48. The molecule has 0 bridgehead atoms. The number of benzene rings is 1. The van der Waals surface area contributed by atoms with E-state index >= 15 is 0 Å². The number of aliphatic hydroxyl groups is 3. The number of hydrogen-bond donors (Lipinski definition) is 3. The van der Waals surface area contributed by atoms with Crippen LogP contribution in [0.25, 0.3) is 6.08 Å². The molecule has 14 heavy (non-hydrogen) atoms. The molecule has 2 rings (SSSR count). The SMILES string of the molecule is OCc1ccc2c(c1)[C@@H](O)C(O)C=C2. The first-order chi connectivity index (χ1) is 6.72. The average Bonchev–Trinajstić information content (AvgIpc) is 2.23. The monoisotopic (exact) mass is 192 g/mol. The highest BCUT2D eigenvalue weighted by Crippen LogP contribution is 2.28. The van der Waals surface area contributed by atoms with E-state index in [2.05, 4.69) is 0 Å². The first-order valence-corrected chi connectivity index (χ1v) is 4.50. The van der Waals surface area contributed by atoms with Crippen LogP contribution in [0.5, 0.6) is 0 Å². The highest BCUT2D eigenvalue weighted by molar-refractivity contribution is 5.59. The van der Waals surface area contributed by atoms with Gasteiger partial charge in [-0.2, -0.15) is 0 Å². The van der Waals surface area contributed by atoms with Gasteiger partial charge >= 0.3 is 0 Å². The second kappa shape index (κ2) is 3.53. The van der Waals surface area contributed by atoms with Gasteiger partial charge in [-0.25, -0.2) is 0 Å². The predicted molar refractivity (Wildman–Crippen MR) is 52.4 cm³/mol. The van der Waals surface area contributed by atoms with Crippen LogP contribution in [-0.4, -0.2) is 21.4 Å². The maximum atomic E-state index is 9.67. The van der Waals surface area contributed by atoms with Crippen molar-refractivity contribution in [3.8, 4) is 0 Å². The second-order valence-corrected chi connectivity index (χ2v) is 3.42. The molecule has 3 nitrogen and oxygen atoms in total. The lowest BCUT2D eigenvalue weighted by Gasteiger charge is -2.22. The van der Waals surface area contributed by atoms with Crippen molar-refractivity contribution in [2.75, 3.05) is 0 Å². The third kappa shape index (κ3) is 1.46. The van der Waals surface area contributed by atoms with E-state index < -0.39 is 12.2 Å². The van der Waals surface area contributed by atoms with Gasteiger partial charge in [-0.15, -0.1) is 0 Å². The lowest BCUT2D eigenvalue weighted by atomic mass is 9.91. The highest BCUT2D eigenvalue weighted by atomic mass is 16.3. The van der Waals surface area contributed by atoms with E-state index in [1.807, 2.05) is 6.07 Å². The smallest absolute Gasteiger partial charge is 0.109 e. The summed E-state index contributed by atoms with van der Waals surface area (Å²) in [6.45, 7) is -0.0557. The van der Waals surface area contributed by atoms with Crippen molar-refractivity contribution in [1.82, 2.24) is 0 Å². The predicted octanol–water partition coefficient (Wildman–Crippen LogP) is 0.600. The van der Waals surface area contributed by atoms with Crippen LogP contribution in [0.3, 0.4) is 0 Å². The van der Waals surface area contributed by atoms with Crippen LogP contribution in [0.4, 0.5) is 0 Å². The fourth-order valence-corrected chi connectivity index (χ4v) is 1.62. The molecule has 3 heteroatoms. The topological polar surface area (TPSA) is 60.7 Å². The van der Waals surface area contributed by atoms with Crippen molar-refractivity contribution in [1.29, 1.82) is 0 Å². The van der Waals surface area contributed by atoms with Crippen LogP contribution in [0.15, 0.2) is 24.3 Å². The summed E-state index contributed by atoms with van der Waals surface area (Å²) in [7, 11) is 0. The molecule has 0 aliphatic heterocycles. The average molecular weight is 192 g/mol. The Morgan fingerprint density at radius 2 is 2.00 bits per heavy atom. The molecular weight excluding hydrogens is 180 g/mol. The summed E-state index contributed by atoms with van der Waals surface area (Å²) in [6.07, 6.45) is 1.59. The van der Waals surface area contributed by atoms with Gasteiger partial charge in [0, 0.05) is 0 Å². The molecule has 0 radical (unpaired) electrons. The Bertz CT molecular complexity index is 371. The molecule has 0 aromatic heterocycles. The van der Waals surface area contributed by atoms with Gasteiger partial charge in [0.15, 0.2) is 0 Å². The summed E-state index contributed by atoms with van der Waals surface area (Å²) in [5, 5.41) is 28.0. The zero-order chi connectivity index (χ0) is 10.1. The number of fused-ring (bicyclic) bond motifs is 1. The Morgan fingerprint density at radius 3 is 2.71 bits per heavy atom. The van der Waals surface area contributed by atoms with Gasteiger partial charge in [-0.1, -0.05) is 30.4 Å². The standard InChI is InChI=1S/C11H12O3/c12-6-7-1-2-8-3-4-10(13)11(14)9(8)5-7/h1-5,10-14H,6H2/t10?,11-/m1/s1. The highest BCUT2D eigenvalue weighted by Gasteiger charge is 2.22. The first kappa shape index (κ1) is 9.40. The molecule has 74 valence electrons. The third-order valence-corrected chi connectivity index (χ3v) is 2.45. The summed E-state index contributed by atoms with van der Waals surface area (Å²) in [6, 6.07) is 5.34. The lowest BCUT2D eigenvalue weighted by molar-refractivity contribution is 0.0469. The van der Waals surface area contributed by atoms with Crippen LogP contribution < -0.4 is 0 Å². The summed E-state index contributed by atoms with van der Waals surface area (Å²) in [5.41, 5.74) is 2.30. The lowest BCUT2D eigenvalue weighted by Crippen LogP contribution is -2.19. The van der Waals surface area contributed by atoms with Gasteiger partial charge in [-0.3, -0.25) is 0 Å². The van der Waals surface area contributed by atoms with Gasteiger partial charge in [0.25, 0.3) is 0 Å². The largest absolute Gasteiger partial charge is 0.392 e. The molecule has 0 saturated carbocycles. The molecule has 1 aliphatic rings. The summed E-state index contributed by atoms with van der Waals surface area (Å²) in [5.74, 6) is 0. The number of hydrogen-bond acceptors (Lipinski definition) is 3. The third-order valence-electron chi connectivity index (χ3n) is 2.45. The summed E-state index contributed by atoms with van der Waals surface area (Å²) < 4.78 is 0. The Morgan fingerprint density at radius 1 is 1.21 bits per heavy atom. The van der Waals surface area contributed by atoms with Gasteiger partial charge in [-0.05, 0) is 16.7 Å². The van der Waals surface area contributed by atoms with Crippen molar-refractivity contribution < 1.29 is 15.3 Å². The molecule has 0 heterocycles. The maximum Gasteiger partial charge on any atom is 0.109 e. The summed E-state index contributed by atoms with van der Waals surface area (Å²) in [4.78, 5) is 0. The minimum Gasteiger partial charge on any atom is -0.392 e. The van der Waals surface area contributed by atoms with Crippen molar-refractivity contribution in [3.63, 3.8) is 0 Å². The van der Waals surface area contributed by atoms with Gasteiger partial charge in [0.05, 0.1) is 6.61 Å². The van der Waals surface area contributed by atoms with Crippen molar-refractivity contribution in [2.24, 2.45) is 0 Å². The zero-order valence-electron chi connectivity index (χ0n) is 7.59. The molecule has 0 amide bonds. The molecule has 1 unspecified atom stereocenters. The Labute approximate surface area is 81.9 Å². The van der Waals surface area contributed by atoms with E-state index in [1.54, 1.807) is 24.3 Å². The molecule has 0 fully saturated rings. The van der Waals surface area contributed by atoms with Crippen molar-refractivity contribution >= 4 is 6.08 Å². The Hall–Kier alpha value is -1.16. The van der Waals surface area contributed by atoms with Crippen molar-refractivity contribution in [3.05, 3.63) is 41.0 Å². The van der Waals surface area contributed by atoms with Crippen LogP contribution in [-0.2, 0) is 6.61 Å².